The SMILES string of the molecule is CC(C)CN=C(NN)Nc1ccc(Cl)cc1Cl. The van der Waals surface area contributed by atoms with E-state index in [0.717, 1.165) is 0 Å². The number of hydrazine groups is 1. The summed E-state index contributed by atoms with van der Waals surface area (Å²) in [5.74, 6) is 6.31. The van der Waals surface area contributed by atoms with E-state index in [0.29, 0.717) is 34.2 Å². The van der Waals surface area contributed by atoms with Crippen molar-refractivity contribution >= 4 is 34.8 Å². The average Bonchev–Trinajstić information content (AvgIpc) is 2.26. The van der Waals surface area contributed by atoms with E-state index in [2.05, 4.69) is 29.6 Å². The lowest BCUT2D eigenvalue weighted by Gasteiger charge is -2.11. The molecule has 0 spiro atoms. The zero-order chi connectivity index (χ0) is 12.8. The third-order valence-corrected chi connectivity index (χ3v) is 2.48. The van der Waals surface area contributed by atoms with E-state index < -0.39 is 0 Å². The lowest BCUT2D eigenvalue weighted by atomic mass is 10.2. The van der Waals surface area contributed by atoms with Gasteiger partial charge >= 0.3 is 0 Å². The molecule has 0 saturated carbocycles. The van der Waals surface area contributed by atoms with Crippen molar-refractivity contribution in [1.82, 2.24) is 5.43 Å². The first-order valence-corrected chi connectivity index (χ1v) is 6.01. The van der Waals surface area contributed by atoms with Gasteiger partial charge in [0.05, 0.1) is 10.7 Å². The average molecular weight is 275 g/mol. The number of aliphatic imine (C=N–C) groups is 1. The van der Waals surface area contributed by atoms with Crippen LogP contribution in [0.4, 0.5) is 5.69 Å². The van der Waals surface area contributed by atoms with Crippen molar-refractivity contribution in [1.29, 1.82) is 0 Å². The highest BCUT2D eigenvalue weighted by Gasteiger charge is 2.04. The second-order valence-corrected chi connectivity index (χ2v) is 4.82. The van der Waals surface area contributed by atoms with Crippen LogP contribution in [-0.4, -0.2) is 12.5 Å². The second kappa shape index (κ2) is 6.69. The summed E-state index contributed by atoms with van der Waals surface area (Å²) in [7, 11) is 0. The van der Waals surface area contributed by atoms with Gasteiger partial charge in [0.25, 0.3) is 0 Å². The summed E-state index contributed by atoms with van der Waals surface area (Å²) in [6, 6.07) is 5.17. The summed E-state index contributed by atoms with van der Waals surface area (Å²) >= 11 is 11.8. The van der Waals surface area contributed by atoms with Crippen molar-refractivity contribution < 1.29 is 0 Å². The van der Waals surface area contributed by atoms with Gasteiger partial charge in [0.15, 0.2) is 0 Å². The predicted molar refractivity (Wildman–Crippen MR) is 74.5 cm³/mol. The highest BCUT2D eigenvalue weighted by Crippen LogP contribution is 2.25. The first kappa shape index (κ1) is 14.1. The van der Waals surface area contributed by atoms with Gasteiger partial charge in [-0.05, 0) is 24.1 Å². The number of nitrogens with one attached hydrogen (secondary N) is 2. The maximum Gasteiger partial charge on any atom is 0.210 e. The molecule has 0 fully saturated rings. The van der Waals surface area contributed by atoms with Crippen molar-refractivity contribution in [2.24, 2.45) is 16.8 Å². The van der Waals surface area contributed by atoms with Crippen LogP contribution in [0.5, 0.6) is 0 Å². The van der Waals surface area contributed by atoms with Gasteiger partial charge in [-0.25, -0.2) is 5.84 Å². The molecule has 1 aromatic rings. The van der Waals surface area contributed by atoms with E-state index in [-0.39, 0.29) is 0 Å². The van der Waals surface area contributed by atoms with Crippen LogP contribution >= 0.6 is 23.2 Å². The molecular weight excluding hydrogens is 259 g/mol. The van der Waals surface area contributed by atoms with Gasteiger partial charge in [-0.3, -0.25) is 10.4 Å². The Bertz CT molecular complexity index is 404. The molecule has 0 saturated heterocycles. The number of hydrogen-bond donors (Lipinski definition) is 3. The molecule has 4 N–H and O–H groups in total. The van der Waals surface area contributed by atoms with Crippen LogP contribution in [0.25, 0.3) is 0 Å². The van der Waals surface area contributed by atoms with E-state index in [4.69, 9.17) is 29.0 Å². The Morgan fingerprint density at radius 1 is 1.41 bits per heavy atom. The number of hydrogen-bond acceptors (Lipinski definition) is 2. The molecule has 1 aromatic carbocycles. The van der Waals surface area contributed by atoms with E-state index in [9.17, 15) is 0 Å². The lowest BCUT2D eigenvalue weighted by molar-refractivity contribution is 0.663. The third kappa shape index (κ3) is 4.81. The van der Waals surface area contributed by atoms with Crippen molar-refractivity contribution in [3.63, 3.8) is 0 Å². The first-order valence-electron chi connectivity index (χ1n) is 5.26. The molecule has 0 unspecified atom stereocenters. The smallest absolute Gasteiger partial charge is 0.210 e. The highest BCUT2D eigenvalue weighted by molar-refractivity contribution is 6.36. The number of benzene rings is 1. The Morgan fingerprint density at radius 3 is 2.65 bits per heavy atom. The van der Waals surface area contributed by atoms with Crippen LogP contribution < -0.4 is 16.6 Å². The zero-order valence-electron chi connectivity index (χ0n) is 9.80. The van der Waals surface area contributed by atoms with Crippen molar-refractivity contribution in [2.75, 3.05) is 11.9 Å². The molecule has 94 valence electrons. The zero-order valence-corrected chi connectivity index (χ0v) is 11.3. The summed E-state index contributed by atoms with van der Waals surface area (Å²) < 4.78 is 0. The Morgan fingerprint density at radius 2 is 2.12 bits per heavy atom. The molecule has 0 radical (unpaired) electrons. The summed E-state index contributed by atoms with van der Waals surface area (Å²) in [6.07, 6.45) is 0. The maximum atomic E-state index is 6.02. The fourth-order valence-corrected chi connectivity index (χ4v) is 1.57. The number of guanidine groups is 1. The lowest BCUT2D eigenvalue weighted by Crippen LogP contribution is -2.36. The quantitative estimate of drug-likeness (QED) is 0.344. The van der Waals surface area contributed by atoms with Gasteiger partial charge in [0, 0.05) is 11.6 Å². The molecule has 0 atom stereocenters. The molecule has 1 rings (SSSR count). The summed E-state index contributed by atoms with van der Waals surface area (Å²) in [4.78, 5) is 4.28. The Hall–Kier alpha value is -0.970. The molecule has 0 aliphatic heterocycles. The Labute approximate surface area is 111 Å². The van der Waals surface area contributed by atoms with Crippen molar-refractivity contribution in [3.05, 3.63) is 28.2 Å². The van der Waals surface area contributed by atoms with Crippen molar-refractivity contribution in [2.45, 2.75) is 13.8 Å². The Balaban J connectivity index is 2.77. The fourth-order valence-electron chi connectivity index (χ4n) is 1.11. The number of nitrogens with zero attached hydrogens (tertiary/aromatic N) is 1. The van der Waals surface area contributed by atoms with Gasteiger partial charge in [-0.1, -0.05) is 37.0 Å². The molecule has 4 nitrogen and oxygen atoms in total. The fraction of sp³-hybridized carbons (Fsp3) is 0.364. The topological polar surface area (TPSA) is 62.4 Å². The first-order chi connectivity index (χ1) is 8.02. The summed E-state index contributed by atoms with van der Waals surface area (Å²) in [6.45, 7) is 4.83. The Kier molecular flexibility index (Phi) is 5.55. The van der Waals surface area contributed by atoms with Gasteiger partial charge in [0.2, 0.25) is 5.96 Å². The van der Waals surface area contributed by atoms with E-state index >= 15 is 0 Å². The summed E-state index contributed by atoms with van der Waals surface area (Å²) in [5.41, 5.74) is 3.20. The minimum absolute atomic E-state index is 0.459. The van der Waals surface area contributed by atoms with Gasteiger partial charge in [-0.2, -0.15) is 0 Å². The van der Waals surface area contributed by atoms with E-state index in [1.54, 1.807) is 18.2 Å². The van der Waals surface area contributed by atoms with E-state index in [1.807, 2.05) is 0 Å². The highest BCUT2D eigenvalue weighted by atomic mass is 35.5. The molecule has 0 heterocycles. The predicted octanol–water partition coefficient (Wildman–Crippen LogP) is 2.88. The second-order valence-electron chi connectivity index (χ2n) is 3.98. The maximum absolute atomic E-state index is 6.02. The van der Waals surface area contributed by atoms with Crippen LogP contribution in [0.1, 0.15) is 13.8 Å². The van der Waals surface area contributed by atoms with Gasteiger partial charge < -0.3 is 5.32 Å². The minimum Gasteiger partial charge on any atom is -0.324 e. The normalized spacial score (nSPS) is 11.8. The minimum atomic E-state index is 0.459. The standard InChI is InChI=1S/C11H16Cl2N4/c1-7(2)6-15-11(17-14)16-10-4-3-8(12)5-9(10)13/h3-5,7H,6,14H2,1-2H3,(H2,15,16,17). The number of rotatable bonds is 3. The van der Waals surface area contributed by atoms with Crippen LogP contribution in [0.2, 0.25) is 10.0 Å². The molecule has 0 aliphatic rings. The van der Waals surface area contributed by atoms with Crippen LogP contribution in [0.15, 0.2) is 23.2 Å². The summed E-state index contributed by atoms with van der Waals surface area (Å²) in [5, 5.41) is 4.11. The third-order valence-electron chi connectivity index (χ3n) is 1.94. The number of halogens is 2. The number of anilines is 1. The molecular formula is C11H16Cl2N4. The number of nitrogens with two attached hydrogens (primary N) is 1. The van der Waals surface area contributed by atoms with Gasteiger partial charge in [0.1, 0.15) is 0 Å². The van der Waals surface area contributed by atoms with Crippen molar-refractivity contribution in [3.8, 4) is 0 Å². The van der Waals surface area contributed by atoms with Crippen LogP contribution in [-0.2, 0) is 0 Å². The molecule has 0 bridgehead atoms. The molecule has 0 amide bonds. The molecule has 17 heavy (non-hydrogen) atoms. The van der Waals surface area contributed by atoms with Gasteiger partial charge in [-0.15, -0.1) is 0 Å². The van der Waals surface area contributed by atoms with E-state index in [1.165, 1.54) is 0 Å². The largest absolute Gasteiger partial charge is 0.324 e. The van der Waals surface area contributed by atoms with Crippen LogP contribution in [0, 0.1) is 5.92 Å². The molecule has 0 aliphatic carbocycles. The van der Waals surface area contributed by atoms with Crippen LogP contribution in [0.3, 0.4) is 0 Å². The molecule has 0 aromatic heterocycles. The monoisotopic (exact) mass is 274 g/mol. The molecule has 6 heteroatoms.